The van der Waals surface area contributed by atoms with Gasteiger partial charge in [0, 0.05) is 13.2 Å². The van der Waals surface area contributed by atoms with Crippen molar-refractivity contribution >= 4 is 35.8 Å². The van der Waals surface area contributed by atoms with Crippen LogP contribution in [-0.4, -0.2) is 44.2 Å². The van der Waals surface area contributed by atoms with E-state index in [1.807, 2.05) is 0 Å². The summed E-state index contributed by atoms with van der Waals surface area (Å²) in [6.07, 6.45) is 2.26. The number of nitrogens with two attached hydrogens (primary N) is 1. The number of aliphatic imine (C=N–C) groups is 1. The van der Waals surface area contributed by atoms with Crippen molar-refractivity contribution in [3.05, 3.63) is 0 Å². The van der Waals surface area contributed by atoms with Gasteiger partial charge in [-0.25, -0.2) is 4.99 Å². The maximum Gasteiger partial charge on any atom is 0.242 e. The molecule has 0 aromatic heterocycles. The summed E-state index contributed by atoms with van der Waals surface area (Å²) in [7, 11) is 0. The van der Waals surface area contributed by atoms with E-state index in [2.05, 4.69) is 15.6 Å². The number of carbonyl (C=O) groups is 1. The molecule has 1 amide bonds. The third-order valence-electron chi connectivity index (χ3n) is 2.29. The Morgan fingerprint density at radius 1 is 1.56 bits per heavy atom. The largest absolute Gasteiger partial charge is 0.376 e. The summed E-state index contributed by atoms with van der Waals surface area (Å²) >= 11 is 0. The number of ether oxygens (including phenoxy) is 1. The van der Waals surface area contributed by atoms with Crippen molar-refractivity contribution in [2.24, 2.45) is 10.7 Å². The summed E-state index contributed by atoms with van der Waals surface area (Å²) in [4.78, 5) is 14.9. The van der Waals surface area contributed by atoms with Crippen molar-refractivity contribution < 1.29 is 9.53 Å². The van der Waals surface area contributed by atoms with Crippen LogP contribution in [0.4, 0.5) is 0 Å². The highest BCUT2D eigenvalue weighted by Gasteiger charge is 2.14. The minimum Gasteiger partial charge on any atom is -0.376 e. The standard InChI is InChI=1S/C10H17N5O2.HI/c11-3-4-13-9(16)7-15-10(12)14-6-8-2-1-5-17-8;/h8H,1-2,4-7H2,(H,13,16)(H3,12,14,15);1H. The number of rotatable bonds is 5. The lowest BCUT2D eigenvalue weighted by Crippen LogP contribution is -2.38. The number of nitrogens with zero attached hydrogens (tertiary/aromatic N) is 2. The Hall–Kier alpha value is -1.08. The molecule has 1 atom stereocenters. The average molecular weight is 367 g/mol. The maximum absolute atomic E-state index is 11.1. The minimum atomic E-state index is -0.326. The van der Waals surface area contributed by atoms with Gasteiger partial charge in [0.2, 0.25) is 5.91 Å². The van der Waals surface area contributed by atoms with E-state index in [9.17, 15) is 4.79 Å². The molecule has 1 rings (SSSR count). The molecule has 1 saturated heterocycles. The van der Waals surface area contributed by atoms with Crippen LogP contribution in [0, 0.1) is 11.3 Å². The molecule has 0 aliphatic carbocycles. The lowest BCUT2D eigenvalue weighted by Gasteiger charge is -2.10. The zero-order valence-electron chi connectivity index (χ0n) is 10.0. The lowest BCUT2D eigenvalue weighted by molar-refractivity contribution is -0.119. The number of nitrogens with one attached hydrogen (secondary N) is 2. The first kappa shape index (κ1) is 16.9. The molecule has 18 heavy (non-hydrogen) atoms. The molecule has 0 bridgehead atoms. The van der Waals surface area contributed by atoms with Gasteiger partial charge in [-0.3, -0.25) is 4.79 Å². The number of nitriles is 1. The first-order chi connectivity index (χ1) is 8.22. The van der Waals surface area contributed by atoms with Crippen molar-refractivity contribution in [3.63, 3.8) is 0 Å². The van der Waals surface area contributed by atoms with Gasteiger partial charge in [-0.2, -0.15) is 5.26 Å². The van der Waals surface area contributed by atoms with Crippen LogP contribution in [0.5, 0.6) is 0 Å². The highest BCUT2D eigenvalue weighted by molar-refractivity contribution is 14.0. The maximum atomic E-state index is 11.1. The Morgan fingerprint density at radius 2 is 2.33 bits per heavy atom. The first-order valence-electron chi connectivity index (χ1n) is 5.51. The fraction of sp³-hybridized carbons (Fsp3) is 0.700. The van der Waals surface area contributed by atoms with Gasteiger partial charge in [-0.1, -0.05) is 0 Å². The van der Waals surface area contributed by atoms with Crippen LogP contribution >= 0.6 is 24.0 Å². The predicted molar refractivity (Wildman–Crippen MR) is 77.5 cm³/mol. The Labute approximate surface area is 123 Å². The van der Waals surface area contributed by atoms with Crippen molar-refractivity contribution in [1.82, 2.24) is 10.6 Å². The van der Waals surface area contributed by atoms with Gasteiger partial charge in [0.1, 0.15) is 13.1 Å². The van der Waals surface area contributed by atoms with Crippen molar-refractivity contribution in [1.29, 1.82) is 5.26 Å². The highest BCUT2D eigenvalue weighted by atomic mass is 127. The third kappa shape index (κ3) is 7.29. The second-order valence-corrected chi connectivity index (χ2v) is 3.65. The van der Waals surface area contributed by atoms with E-state index in [0.717, 1.165) is 19.4 Å². The fourth-order valence-electron chi connectivity index (χ4n) is 1.43. The quantitative estimate of drug-likeness (QED) is 0.258. The van der Waals surface area contributed by atoms with Crippen LogP contribution < -0.4 is 16.4 Å². The molecule has 4 N–H and O–H groups in total. The molecular formula is C10H18IN5O2. The van der Waals surface area contributed by atoms with Crippen LogP contribution in [0.25, 0.3) is 0 Å². The smallest absolute Gasteiger partial charge is 0.242 e. The molecule has 0 aromatic carbocycles. The molecule has 1 aliphatic rings. The summed E-state index contributed by atoms with van der Waals surface area (Å²) in [5, 5.41) is 13.5. The number of amides is 1. The van der Waals surface area contributed by atoms with Crippen LogP contribution in [0.1, 0.15) is 12.8 Å². The molecule has 1 unspecified atom stereocenters. The highest BCUT2D eigenvalue weighted by Crippen LogP contribution is 2.10. The van der Waals surface area contributed by atoms with Gasteiger partial charge in [-0.15, -0.1) is 24.0 Å². The average Bonchev–Trinajstić information content (AvgIpc) is 2.84. The topological polar surface area (TPSA) is 113 Å². The monoisotopic (exact) mass is 367 g/mol. The van der Waals surface area contributed by atoms with Gasteiger partial charge in [0.25, 0.3) is 0 Å². The van der Waals surface area contributed by atoms with Crippen molar-refractivity contribution in [2.45, 2.75) is 18.9 Å². The van der Waals surface area contributed by atoms with E-state index in [1.54, 1.807) is 6.07 Å². The second-order valence-electron chi connectivity index (χ2n) is 3.65. The van der Waals surface area contributed by atoms with Crippen LogP contribution in [0.3, 0.4) is 0 Å². The van der Waals surface area contributed by atoms with Crippen molar-refractivity contribution in [3.8, 4) is 6.07 Å². The van der Waals surface area contributed by atoms with Gasteiger partial charge < -0.3 is 21.1 Å². The Balaban J connectivity index is 0.00000289. The first-order valence-corrected chi connectivity index (χ1v) is 5.51. The predicted octanol–water partition coefficient (Wildman–Crippen LogP) is -0.673. The van der Waals surface area contributed by atoms with E-state index in [0.29, 0.717) is 6.54 Å². The number of carbonyl (C=O) groups excluding carboxylic acids is 1. The molecule has 8 heteroatoms. The number of hydrogen-bond donors (Lipinski definition) is 3. The zero-order valence-corrected chi connectivity index (χ0v) is 12.3. The van der Waals surface area contributed by atoms with Crippen LogP contribution in [0.2, 0.25) is 0 Å². The summed E-state index contributed by atoms with van der Waals surface area (Å²) in [5.41, 5.74) is 5.57. The van der Waals surface area contributed by atoms with Crippen LogP contribution in [-0.2, 0) is 9.53 Å². The molecule has 0 aromatic rings. The van der Waals surface area contributed by atoms with Crippen molar-refractivity contribution in [2.75, 3.05) is 26.2 Å². The zero-order chi connectivity index (χ0) is 12.5. The Kier molecular flexibility index (Phi) is 9.31. The normalized spacial score (nSPS) is 18.6. The molecule has 0 saturated carbocycles. The van der Waals surface area contributed by atoms with Gasteiger partial charge in [-0.05, 0) is 12.8 Å². The van der Waals surface area contributed by atoms with E-state index >= 15 is 0 Å². The van der Waals surface area contributed by atoms with E-state index < -0.39 is 0 Å². The van der Waals surface area contributed by atoms with Gasteiger partial charge in [0.05, 0.1) is 12.2 Å². The van der Waals surface area contributed by atoms with Gasteiger partial charge >= 0.3 is 0 Å². The summed E-state index contributed by atoms with van der Waals surface area (Å²) < 4.78 is 5.39. The Bertz CT molecular complexity index is 323. The van der Waals surface area contributed by atoms with E-state index in [4.69, 9.17) is 15.7 Å². The lowest BCUT2D eigenvalue weighted by atomic mass is 10.2. The van der Waals surface area contributed by atoms with Gasteiger partial charge in [0.15, 0.2) is 5.96 Å². The third-order valence-corrected chi connectivity index (χ3v) is 2.29. The number of guanidine groups is 1. The molecular weight excluding hydrogens is 349 g/mol. The summed E-state index contributed by atoms with van der Waals surface area (Å²) in [6.45, 7) is 1.30. The second kappa shape index (κ2) is 9.90. The van der Waals surface area contributed by atoms with E-state index in [-0.39, 0.29) is 55.0 Å². The molecule has 1 heterocycles. The Morgan fingerprint density at radius 3 is 2.94 bits per heavy atom. The molecule has 0 spiro atoms. The number of halogens is 1. The molecule has 102 valence electrons. The molecule has 7 nitrogen and oxygen atoms in total. The molecule has 1 fully saturated rings. The van der Waals surface area contributed by atoms with E-state index in [1.165, 1.54) is 0 Å². The molecule has 0 radical (unpaired) electrons. The summed E-state index contributed by atoms with van der Waals surface area (Å²) in [6, 6.07) is 1.80. The summed E-state index contributed by atoms with van der Waals surface area (Å²) in [5.74, 6) is -0.110. The fourth-order valence-corrected chi connectivity index (χ4v) is 1.43. The minimum absolute atomic E-state index is 0. The van der Waals surface area contributed by atoms with Crippen LogP contribution in [0.15, 0.2) is 4.99 Å². The molecule has 1 aliphatic heterocycles. The SMILES string of the molecule is I.N#CCNC(=O)CN=C(N)NCC1CCCO1. The number of hydrogen-bond acceptors (Lipinski definition) is 4.